The van der Waals surface area contributed by atoms with Crippen molar-refractivity contribution in [2.24, 2.45) is 5.11 Å². The second-order valence-corrected chi connectivity index (χ2v) is 21.2. The maximum absolute atomic E-state index is 9.21. The van der Waals surface area contributed by atoms with E-state index in [1.54, 1.807) is 0 Å². The Balaban J connectivity index is 1.94. The van der Waals surface area contributed by atoms with E-state index < -0.39 is 16.6 Å². The fourth-order valence-corrected chi connectivity index (χ4v) is 10.6. The largest absolute Gasteiger partial charge is 0.413 e. The Morgan fingerprint density at radius 1 is 0.886 bits per heavy atom. The zero-order valence-electron chi connectivity index (χ0n) is 22.6. The molecule has 35 heavy (non-hydrogen) atoms. The van der Waals surface area contributed by atoms with Crippen molar-refractivity contribution in [3.05, 3.63) is 82.8 Å². The van der Waals surface area contributed by atoms with Gasteiger partial charge in [0.15, 0.2) is 8.32 Å². The van der Waals surface area contributed by atoms with Gasteiger partial charge < -0.3 is 8.85 Å². The number of azide groups is 1. The molecule has 1 unspecified atom stereocenters. The van der Waals surface area contributed by atoms with Crippen molar-refractivity contribution in [3.8, 4) is 0 Å². The number of nitrogens with zero attached hydrogens (tertiary/aromatic N) is 3. The summed E-state index contributed by atoms with van der Waals surface area (Å²) in [5.41, 5.74) is 10.4. The van der Waals surface area contributed by atoms with E-state index in [2.05, 4.69) is 131 Å². The highest BCUT2D eigenvalue weighted by molar-refractivity contribution is 6.99. The molecule has 0 amide bonds. The highest BCUT2D eigenvalue weighted by atomic mass is 28.4. The first-order chi connectivity index (χ1) is 16.3. The topological polar surface area (TPSA) is 67.2 Å². The van der Waals surface area contributed by atoms with Gasteiger partial charge >= 0.3 is 0 Å². The Labute approximate surface area is 213 Å². The molecule has 1 aliphatic rings. The van der Waals surface area contributed by atoms with E-state index >= 15 is 0 Å². The summed E-state index contributed by atoms with van der Waals surface area (Å²) < 4.78 is 13.8. The van der Waals surface area contributed by atoms with Gasteiger partial charge in [-0.25, -0.2) is 0 Å². The van der Waals surface area contributed by atoms with Crippen molar-refractivity contribution >= 4 is 27.0 Å². The SMILES string of the molecule is CC(C)(C)[Si](C)(C)OC1CC(CO[Si](c2ccccc2)(c2ccccc2)C(C)(C)C)=C[C@H]1N=[N+]=[N-]. The van der Waals surface area contributed by atoms with Crippen LogP contribution in [0.15, 0.2) is 77.4 Å². The molecule has 0 bridgehead atoms. The summed E-state index contributed by atoms with van der Waals surface area (Å²) in [5, 5.41) is 6.61. The highest BCUT2D eigenvalue weighted by Gasteiger charge is 2.50. The minimum absolute atomic E-state index is 0.0854. The second kappa shape index (κ2) is 10.4. The van der Waals surface area contributed by atoms with E-state index in [9.17, 15) is 5.53 Å². The Morgan fingerprint density at radius 3 is 1.83 bits per heavy atom. The van der Waals surface area contributed by atoms with Gasteiger partial charge in [0.1, 0.15) is 0 Å². The van der Waals surface area contributed by atoms with Crippen molar-refractivity contribution in [1.82, 2.24) is 0 Å². The predicted molar refractivity (Wildman–Crippen MR) is 151 cm³/mol. The third-order valence-corrected chi connectivity index (χ3v) is 17.1. The molecule has 0 aliphatic heterocycles. The van der Waals surface area contributed by atoms with E-state index in [4.69, 9.17) is 8.85 Å². The van der Waals surface area contributed by atoms with Crippen LogP contribution < -0.4 is 10.4 Å². The third kappa shape index (κ3) is 5.81. The third-order valence-electron chi connectivity index (χ3n) is 7.58. The molecular formula is C28H41N3O2Si2. The molecule has 0 spiro atoms. The van der Waals surface area contributed by atoms with Crippen LogP contribution in [0.2, 0.25) is 23.2 Å². The van der Waals surface area contributed by atoms with Gasteiger partial charge in [0.25, 0.3) is 8.32 Å². The maximum atomic E-state index is 9.21. The van der Waals surface area contributed by atoms with E-state index in [-0.39, 0.29) is 22.2 Å². The van der Waals surface area contributed by atoms with Crippen molar-refractivity contribution < 1.29 is 8.85 Å². The lowest BCUT2D eigenvalue weighted by Gasteiger charge is -2.43. The molecule has 2 aromatic rings. The molecule has 0 saturated heterocycles. The molecule has 0 N–H and O–H groups in total. The molecule has 188 valence electrons. The van der Waals surface area contributed by atoms with Gasteiger partial charge in [-0.3, -0.25) is 0 Å². The van der Waals surface area contributed by atoms with Gasteiger partial charge in [-0.1, -0.05) is 113 Å². The van der Waals surface area contributed by atoms with Crippen LogP contribution in [0, 0.1) is 0 Å². The van der Waals surface area contributed by atoms with E-state index in [1.165, 1.54) is 10.4 Å². The zero-order chi connectivity index (χ0) is 25.9. The van der Waals surface area contributed by atoms with Crippen molar-refractivity contribution in [2.45, 2.75) is 83.3 Å². The Kier molecular flexibility index (Phi) is 8.19. The van der Waals surface area contributed by atoms with Crippen LogP contribution in [0.4, 0.5) is 0 Å². The Morgan fingerprint density at radius 2 is 1.40 bits per heavy atom. The standard InChI is InChI=1S/C28H41N3O2Si2/c1-27(2,3)34(7,8)33-26-20-22(19-25(26)30-31-29)21-32-35(28(4,5)6,23-15-11-9-12-16-23)24-17-13-10-14-18-24/h9-19,25-26H,20-21H2,1-8H3/t25-,26?/m1/s1. The van der Waals surface area contributed by atoms with Crippen LogP contribution in [0.25, 0.3) is 10.4 Å². The van der Waals surface area contributed by atoms with Crippen LogP contribution in [0.3, 0.4) is 0 Å². The van der Waals surface area contributed by atoms with Crippen molar-refractivity contribution in [3.63, 3.8) is 0 Å². The average molecular weight is 508 g/mol. The first-order valence-electron chi connectivity index (χ1n) is 12.5. The van der Waals surface area contributed by atoms with Crippen molar-refractivity contribution in [2.75, 3.05) is 6.61 Å². The molecule has 2 atom stereocenters. The smallest absolute Gasteiger partial charge is 0.261 e. The van der Waals surface area contributed by atoms with E-state index in [0.717, 1.165) is 12.0 Å². The summed E-state index contributed by atoms with van der Waals surface area (Å²) in [7, 11) is -4.65. The first kappa shape index (κ1) is 27.4. The van der Waals surface area contributed by atoms with Gasteiger partial charge in [-0.2, -0.15) is 0 Å². The number of benzene rings is 2. The lowest BCUT2D eigenvalue weighted by atomic mass is 10.2. The summed E-state index contributed by atoms with van der Waals surface area (Å²) in [5.74, 6) is 0. The van der Waals surface area contributed by atoms with Crippen LogP contribution in [0.5, 0.6) is 0 Å². The van der Waals surface area contributed by atoms with Gasteiger partial charge in [0, 0.05) is 4.91 Å². The van der Waals surface area contributed by atoms with Crippen molar-refractivity contribution in [1.29, 1.82) is 0 Å². The second-order valence-electron chi connectivity index (χ2n) is 12.1. The number of hydrogen-bond donors (Lipinski definition) is 0. The summed E-state index contributed by atoms with van der Waals surface area (Å²) >= 11 is 0. The molecule has 0 fully saturated rings. The highest BCUT2D eigenvalue weighted by Crippen LogP contribution is 2.41. The quantitative estimate of drug-likeness (QED) is 0.127. The monoisotopic (exact) mass is 507 g/mol. The van der Waals surface area contributed by atoms with Gasteiger partial charge in [-0.05, 0) is 51.1 Å². The molecule has 2 aromatic carbocycles. The molecule has 0 aromatic heterocycles. The van der Waals surface area contributed by atoms with Gasteiger partial charge in [0.05, 0.1) is 18.8 Å². The molecule has 3 rings (SSSR count). The first-order valence-corrected chi connectivity index (χ1v) is 17.3. The molecule has 1 aliphatic carbocycles. The van der Waals surface area contributed by atoms with Crippen LogP contribution in [-0.4, -0.2) is 35.4 Å². The van der Waals surface area contributed by atoms with E-state index in [1.807, 2.05) is 0 Å². The number of rotatable bonds is 8. The Hall–Kier alpha value is -2.16. The Bertz CT molecular complexity index is 1030. The lowest BCUT2D eigenvalue weighted by molar-refractivity contribution is 0.174. The fourth-order valence-electron chi connectivity index (χ4n) is 4.70. The van der Waals surface area contributed by atoms with Crippen LogP contribution >= 0.6 is 0 Å². The van der Waals surface area contributed by atoms with Gasteiger partial charge in [0.2, 0.25) is 0 Å². The summed E-state index contributed by atoms with van der Waals surface area (Å²) in [6.45, 7) is 18.6. The van der Waals surface area contributed by atoms with Crippen LogP contribution in [-0.2, 0) is 8.85 Å². The molecule has 5 nitrogen and oxygen atoms in total. The predicted octanol–water partition coefficient (Wildman–Crippen LogP) is 6.96. The normalized spacial score (nSPS) is 19.3. The summed E-state index contributed by atoms with van der Waals surface area (Å²) in [6.07, 6.45) is 2.67. The molecule has 0 radical (unpaired) electrons. The average Bonchev–Trinajstić information content (AvgIpc) is 3.15. The van der Waals surface area contributed by atoms with E-state index in [0.29, 0.717) is 6.61 Å². The number of hydrogen-bond acceptors (Lipinski definition) is 3. The minimum Gasteiger partial charge on any atom is -0.413 e. The zero-order valence-corrected chi connectivity index (χ0v) is 24.6. The fraction of sp³-hybridized carbons (Fsp3) is 0.500. The molecule has 7 heteroatoms. The minimum atomic E-state index is -2.63. The lowest BCUT2D eigenvalue weighted by Crippen LogP contribution is -2.66. The summed E-state index contributed by atoms with van der Waals surface area (Å²) in [4.78, 5) is 3.12. The van der Waals surface area contributed by atoms with Gasteiger partial charge in [-0.15, -0.1) is 0 Å². The molecule has 0 heterocycles. The van der Waals surface area contributed by atoms with Crippen LogP contribution in [0.1, 0.15) is 48.0 Å². The maximum Gasteiger partial charge on any atom is 0.261 e. The molecular weight excluding hydrogens is 466 g/mol. The molecule has 0 saturated carbocycles. The summed E-state index contributed by atoms with van der Waals surface area (Å²) in [6, 6.07) is 21.1.